The Balaban J connectivity index is 2.00. The number of amides is 2. The Morgan fingerprint density at radius 2 is 1.62 bits per heavy atom. The first-order chi connectivity index (χ1) is 18.5. The zero-order valence-electron chi connectivity index (χ0n) is 22.2. The smallest absolute Gasteiger partial charge is 0.264 e. The highest BCUT2D eigenvalue weighted by atomic mass is 35.5. The Morgan fingerprint density at radius 3 is 2.23 bits per heavy atom. The number of hydrogen-bond acceptors (Lipinski definition) is 4. The third kappa shape index (κ3) is 7.97. The molecule has 0 radical (unpaired) electrons. The molecule has 1 atom stereocenters. The van der Waals surface area contributed by atoms with Crippen LogP contribution in [0.15, 0.2) is 77.7 Å². The third-order valence-corrected chi connectivity index (χ3v) is 8.80. The van der Waals surface area contributed by atoms with Gasteiger partial charge in [0.15, 0.2) is 0 Å². The molecule has 0 saturated carbocycles. The van der Waals surface area contributed by atoms with Gasteiger partial charge >= 0.3 is 0 Å². The Hall–Kier alpha value is -3.07. The summed E-state index contributed by atoms with van der Waals surface area (Å²) in [5, 5.41) is 3.27. The molecule has 3 aromatic rings. The van der Waals surface area contributed by atoms with Crippen LogP contribution in [0.3, 0.4) is 0 Å². The lowest BCUT2D eigenvalue weighted by atomic mass is 10.1. The van der Waals surface area contributed by atoms with E-state index in [2.05, 4.69) is 5.32 Å². The van der Waals surface area contributed by atoms with Gasteiger partial charge in [-0.15, -0.1) is 0 Å². The molecule has 39 heavy (non-hydrogen) atoms. The zero-order chi connectivity index (χ0) is 28.6. The first kappa shape index (κ1) is 30.5. The highest BCUT2D eigenvalue weighted by Gasteiger charge is 2.32. The largest absolute Gasteiger partial charge is 0.354 e. The molecule has 1 N–H and O–H groups in total. The fourth-order valence-corrected chi connectivity index (χ4v) is 5.62. The molecule has 1 unspecified atom stereocenters. The number of carbonyl (C=O) groups is 2. The van der Waals surface area contributed by atoms with Crippen LogP contribution in [0.2, 0.25) is 10.0 Å². The number of aryl methyl sites for hydroxylation is 1. The maximum Gasteiger partial charge on any atom is 0.264 e. The van der Waals surface area contributed by atoms with E-state index in [-0.39, 0.29) is 33.1 Å². The van der Waals surface area contributed by atoms with E-state index in [1.807, 2.05) is 38.1 Å². The number of carbonyl (C=O) groups excluding carboxylic acids is 2. The molecule has 0 saturated heterocycles. The molecule has 2 amide bonds. The van der Waals surface area contributed by atoms with Crippen molar-refractivity contribution in [2.45, 2.75) is 51.1 Å². The maximum atomic E-state index is 13.9. The minimum Gasteiger partial charge on any atom is -0.354 e. The summed E-state index contributed by atoms with van der Waals surface area (Å²) in [6.07, 6.45) is 1.72. The van der Waals surface area contributed by atoms with Crippen molar-refractivity contribution in [2.24, 2.45) is 0 Å². The van der Waals surface area contributed by atoms with Crippen molar-refractivity contribution < 1.29 is 18.0 Å². The van der Waals surface area contributed by atoms with Gasteiger partial charge in [0.25, 0.3) is 10.0 Å². The topological polar surface area (TPSA) is 86.8 Å². The summed E-state index contributed by atoms with van der Waals surface area (Å²) in [5.41, 5.74) is 2.05. The highest BCUT2D eigenvalue weighted by molar-refractivity contribution is 7.92. The third-order valence-electron chi connectivity index (χ3n) is 6.27. The van der Waals surface area contributed by atoms with Gasteiger partial charge in [0.1, 0.15) is 12.6 Å². The van der Waals surface area contributed by atoms with Gasteiger partial charge in [-0.2, -0.15) is 0 Å². The summed E-state index contributed by atoms with van der Waals surface area (Å²) in [4.78, 5) is 28.3. The molecule has 0 aliphatic rings. The van der Waals surface area contributed by atoms with Crippen molar-refractivity contribution in [1.29, 1.82) is 0 Å². The van der Waals surface area contributed by atoms with Crippen molar-refractivity contribution in [3.05, 3.63) is 94.0 Å². The van der Waals surface area contributed by atoms with Crippen LogP contribution in [0, 0.1) is 6.92 Å². The van der Waals surface area contributed by atoms with E-state index in [0.29, 0.717) is 6.54 Å². The number of nitrogens with zero attached hydrogens (tertiary/aromatic N) is 2. The summed E-state index contributed by atoms with van der Waals surface area (Å²) >= 11 is 12.3. The van der Waals surface area contributed by atoms with Crippen LogP contribution in [0.4, 0.5) is 5.69 Å². The summed E-state index contributed by atoms with van der Waals surface area (Å²) in [6, 6.07) is 19.0. The van der Waals surface area contributed by atoms with E-state index in [9.17, 15) is 18.0 Å². The second-order valence-corrected chi connectivity index (χ2v) is 11.9. The van der Waals surface area contributed by atoms with Gasteiger partial charge in [-0.3, -0.25) is 13.9 Å². The predicted octanol–water partition coefficient (Wildman–Crippen LogP) is 5.83. The van der Waals surface area contributed by atoms with Crippen LogP contribution in [0.1, 0.15) is 37.8 Å². The van der Waals surface area contributed by atoms with Crippen molar-refractivity contribution in [1.82, 2.24) is 10.2 Å². The highest BCUT2D eigenvalue weighted by Crippen LogP contribution is 2.31. The Bertz CT molecular complexity index is 1380. The van der Waals surface area contributed by atoms with Crippen LogP contribution in [0.25, 0.3) is 0 Å². The molecular weight excluding hydrogens is 557 g/mol. The van der Waals surface area contributed by atoms with Crippen molar-refractivity contribution in [3.8, 4) is 0 Å². The van der Waals surface area contributed by atoms with Gasteiger partial charge in [-0.25, -0.2) is 8.42 Å². The first-order valence-corrected chi connectivity index (χ1v) is 14.9. The number of rotatable bonds is 12. The number of sulfonamides is 1. The maximum absolute atomic E-state index is 13.9. The molecule has 0 heterocycles. The van der Waals surface area contributed by atoms with Crippen molar-refractivity contribution in [3.63, 3.8) is 0 Å². The Kier molecular flexibility index (Phi) is 10.8. The number of nitrogens with one attached hydrogen (secondary N) is 1. The number of anilines is 1. The molecule has 10 heteroatoms. The van der Waals surface area contributed by atoms with Crippen LogP contribution in [-0.2, 0) is 26.2 Å². The van der Waals surface area contributed by atoms with Crippen LogP contribution >= 0.6 is 23.2 Å². The molecule has 0 aliphatic carbocycles. The van der Waals surface area contributed by atoms with Crippen molar-refractivity contribution >= 4 is 50.7 Å². The minimum atomic E-state index is -4.17. The second-order valence-electron chi connectivity index (χ2n) is 9.25. The number of benzene rings is 3. The lowest BCUT2D eigenvalue weighted by molar-refractivity contribution is -0.139. The minimum absolute atomic E-state index is 0.0133. The molecule has 0 aliphatic heterocycles. The lowest BCUT2D eigenvalue weighted by Gasteiger charge is -2.32. The van der Waals surface area contributed by atoms with E-state index < -0.39 is 28.5 Å². The fourth-order valence-electron chi connectivity index (χ4n) is 3.90. The standard InChI is InChI=1S/C29H33Cl2N3O4S/c1-4-5-17-32-29(36)22(3)33(19-23-13-11-21(2)12-14-23)28(35)20-34(24-15-16-26(30)27(31)18-24)39(37,38)25-9-7-6-8-10-25/h6-16,18,22H,4-5,17,19-20H2,1-3H3,(H,32,36). The molecular formula is C29H33Cl2N3O4S. The average Bonchev–Trinajstić information content (AvgIpc) is 2.93. The van der Waals surface area contributed by atoms with Gasteiger partial charge in [0.05, 0.1) is 20.6 Å². The summed E-state index contributed by atoms with van der Waals surface area (Å²) in [5.74, 6) is -0.852. The monoisotopic (exact) mass is 589 g/mol. The molecule has 3 aromatic carbocycles. The molecule has 0 spiro atoms. The van der Waals surface area contributed by atoms with E-state index in [1.165, 1.54) is 35.2 Å². The van der Waals surface area contributed by atoms with Crippen LogP contribution in [-0.4, -0.2) is 44.3 Å². The number of unbranched alkanes of at least 4 members (excludes halogenated alkanes) is 1. The molecule has 0 aromatic heterocycles. The molecule has 3 rings (SSSR count). The van der Waals surface area contributed by atoms with E-state index in [1.54, 1.807) is 25.1 Å². The predicted molar refractivity (Wildman–Crippen MR) is 157 cm³/mol. The molecule has 0 bridgehead atoms. The zero-order valence-corrected chi connectivity index (χ0v) is 24.6. The SMILES string of the molecule is CCCCNC(=O)C(C)N(Cc1ccc(C)cc1)C(=O)CN(c1ccc(Cl)c(Cl)c1)S(=O)(=O)c1ccccc1. The quantitative estimate of drug-likeness (QED) is 0.269. The van der Waals surface area contributed by atoms with Gasteiger partial charge in [0.2, 0.25) is 11.8 Å². The van der Waals surface area contributed by atoms with Crippen LogP contribution in [0.5, 0.6) is 0 Å². The van der Waals surface area contributed by atoms with Crippen LogP contribution < -0.4 is 9.62 Å². The van der Waals surface area contributed by atoms with Crippen molar-refractivity contribution in [2.75, 3.05) is 17.4 Å². The molecule has 0 fully saturated rings. The first-order valence-electron chi connectivity index (χ1n) is 12.7. The fraction of sp³-hybridized carbons (Fsp3) is 0.310. The van der Waals surface area contributed by atoms with Gasteiger partial charge in [-0.1, -0.05) is 84.6 Å². The lowest BCUT2D eigenvalue weighted by Crippen LogP contribution is -2.51. The Labute approximate surface area is 240 Å². The van der Waals surface area contributed by atoms with E-state index >= 15 is 0 Å². The number of hydrogen-bond donors (Lipinski definition) is 1. The average molecular weight is 591 g/mol. The van der Waals surface area contributed by atoms with Gasteiger partial charge in [-0.05, 0) is 56.2 Å². The number of halogens is 2. The molecule has 208 valence electrons. The summed E-state index contributed by atoms with van der Waals surface area (Å²) in [7, 11) is -4.17. The van der Waals surface area contributed by atoms with E-state index in [0.717, 1.165) is 28.3 Å². The van der Waals surface area contributed by atoms with E-state index in [4.69, 9.17) is 23.2 Å². The summed E-state index contributed by atoms with van der Waals surface area (Å²) in [6.45, 7) is 5.69. The normalized spacial score (nSPS) is 12.0. The second kappa shape index (κ2) is 13.8. The summed E-state index contributed by atoms with van der Waals surface area (Å²) < 4.78 is 28.5. The van der Waals surface area contributed by atoms with Gasteiger partial charge in [0, 0.05) is 13.1 Å². The van der Waals surface area contributed by atoms with Gasteiger partial charge < -0.3 is 10.2 Å². The molecule has 7 nitrogen and oxygen atoms in total. The Morgan fingerprint density at radius 1 is 0.949 bits per heavy atom.